The van der Waals surface area contributed by atoms with Crippen molar-refractivity contribution in [2.45, 2.75) is 31.7 Å². The molecular weight excluding hydrogens is 202 g/mol. The molecule has 4 heteroatoms. The van der Waals surface area contributed by atoms with Crippen molar-refractivity contribution in [1.82, 2.24) is 15.1 Å². The van der Waals surface area contributed by atoms with E-state index in [1.54, 1.807) is 0 Å². The van der Waals surface area contributed by atoms with Crippen molar-refractivity contribution in [3.8, 4) is 0 Å². The first-order valence-electron chi connectivity index (χ1n) is 5.73. The van der Waals surface area contributed by atoms with Gasteiger partial charge in [-0.25, -0.2) is 0 Å². The second-order valence-corrected chi connectivity index (χ2v) is 4.10. The van der Waals surface area contributed by atoms with Crippen LogP contribution in [-0.2, 0) is 11.3 Å². The summed E-state index contributed by atoms with van der Waals surface area (Å²) in [5, 5.41) is 7.06. The Morgan fingerprint density at radius 3 is 3.19 bits per heavy atom. The summed E-state index contributed by atoms with van der Waals surface area (Å²) in [5.74, 6) is 0.619. The van der Waals surface area contributed by atoms with Gasteiger partial charge < -0.3 is 5.32 Å². The summed E-state index contributed by atoms with van der Waals surface area (Å²) in [5.41, 5.74) is 1.34. The van der Waals surface area contributed by atoms with Gasteiger partial charge in [0.05, 0.1) is 0 Å². The predicted molar refractivity (Wildman–Crippen MR) is 62.0 cm³/mol. The van der Waals surface area contributed by atoms with E-state index in [9.17, 15) is 4.79 Å². The molecular formula is C12H17N3O. The lowest BCUT2D eigenvalue weighted by molar-refractivity contribution is -0.116. The van der Waals surface area contributed by atoms with Crippen LogP contribution < -0.4 is 5.32 Å². The number of aryl methyl sites for hydroxylation is 1. The average Bonchev–Trinajstić information content (AvgIpc) is 3.04. The van der Waals surface area contributed by atoms with Gasteiger partial charge in [-0.3, -0.25) is 9.48 Å². The number of amides is 1. The minimum atomic E-state index is -0.108. The standard InChI is InChI=1S/C12H17N3O/c1-2-12(16)13-7-3-9-15-11(6-8-14-15)10-4-5-10/h2,6,8,10H,1,3-5,7,9H2,(H,13,16). The van der Waals surface area contributed by atoms with Crippen LogP contribution in [0, 0.1) is 0 Å². The van der Waals surface area contributed by atoms with Crippen LogP contribution >= 0.6 is 0 Å². The molecule has 4 nitrogen and oxygen atoms in total. The van der Waals surface area contributed by atoms with Crippen molar-refractivity contribution >= 4 is 5.91 Å². The maximum Gasteiger partial charge on any atom is 0.243 e. The first kappa shape index (κ1) is 10.9. The minimum absolute atomic E-state index is 0.108. The van der Waals surface area contributed by atoms with Crippen molar-refractivity contribution in [3.63, 3.8) is 0 Å². The van der Waals surface area contributed by atoms with E-state index in [0.29, 0.717) is 6.54 Å². The van der Waals surface area contributed by atoms with Crippen LogP contribution in [0.25, 0.3) is 0 Å². The highest BCUT2D eigenvalue weighted by atomic mass is 16.1. The molecule has 0 aliphatic heterocycles. The third-order valence-electron chi connectivity index (χ3n) is 2.78. The summed E-state index contributed by atoms with van der Waals surface area (Å²) >= 11 is 0. The molecule has 1 fully saturated rings. The Hall–Kier alpha value is -1.58. The number of carbonyl (C=O) groups excluding carboxylic acids is 1. The summed E-state index contributed by atoms with van der Waals surface area (Å²) < 4.78 is 2.05. The lowest BCUT2D eigenvalue weighted by Crippen LogP contribution is -2.23. The SMILES string of the molecule is C=CC(=O)NCCCn1nccc1C1CC1. The Labute approximate surface area is 95.3 Å². The van der Waals surface area contributed by atoms with Gasteiger partial charge in [0.2, 0.25) is 5.91 Å². The molecule has 0 unspecified atom stereocenters. The molecule has 1 saturated carbocycles. The summed E-state index contributed by atoms with van der Waals surface area (Å²) in [4.78, 5) is 10.9. The van der Waals surface area contributed by atoms with E-state index in [4.69, 9.17) is 0 Å². The molecule has 0 atom stereocenters. The monoisotopic (exact) mass is 219 g/mol. The van der Waals surface area contributed by atoms with Crippen molar-refractivity contribution in [3.05, 3.63) is 30.6 Å². The number of rotatable bonds is 6. The quantitative estimate of drug-likeness (QED) is 0.581. The molecule has 1 aliphatic rings. The Bertz CT molecular complexity index is 379. The maximum absolute atomic E-state index is 10.9. The van der Waals surface area contributed by atoms with Crippen LogP contribution in [0.5, 0.6) is 0 Å². The van der Waals surface area contributed by atoms with E-state index in [0.717, 1.165) is 18.9 Å². The van der Waals surface area contributed by atoms with E-state index >= 15 is 0 Å². The van der Waals surface area contributed by atoms with Gasteiger partial charge in [0.15, 0.2) is 0 Å². The second-order valence-electron chi connectivity index (χ2n) is 4.10. The van der Waals surface area contributed by atoms with Crippen molar-refractivity contribution in [2.24, 2.45) is 0 Å². The Morgan fingerprint density at radius 1 is 1.69 bits per heavy atom. The Kier molecular flexibility index (Phi) is 3.39. The zero-order valence-corrected chi connectivity index (χ0v) is 9.35. The van der Waals surface area contributed by atoms with Crippen LogP contribution in [0.15, 0.2) is 24.9 Å². The molecule has 86 valence electrons. The van der Waals surface area contributed by atoms with Crippen molar-refractivity contribution in [2.75, 3.05) is 6.54 Å². The van der Waals surface area contributed by atoms with Gasteiger partial charge >= 0.3 is 0 Å². The fraction of sp³-hybridized carbons (Fsp3) is 0.500. The predicted octanol–water partition coefficient (Wildman–Crippen LogP) is 1.45. The van der Waals surface area contributed by atoms with E-state index in [1.165, 1.54) is 24.6 Å². The van der Waals surface area contributed by atoms with Crippen LogP contribution in [-0.4, -0.2) is 22.2 Å². The number of hydrogen-bond donors (Lipinski definition) is 1. The number of hydrogen-bond acceptors (Lipinski definition) is 2. The molecule has 1 aromatic rings. The summed E-state index contributed by atoms with van der Waals surface area (Å²) in [6, 6.07) is 2.10. The highest BCUT2D eigenvalue weighted by molar-refractivity contribution is 5.86. The lowest BCUT2D eigenvalue weighted by atomic mass is 10.3. The van der Waals surface area contributed by atoms with Crippen LogP contribution in [0.1, 0.15) is 30.9 Å². The molecule has 0 saturated heterocycles. The largest absolute Gasteiger partial charge is 0.353 e. The second kappa shape index (κ2) is 4.96. The van der Waals surface area contributed by atoms with Gasteiger partial charge in [0.1, 0.15) is 0 Å². The fourth-order valence-corrected chi connectivity index (χ4v) is 1.77. The van der Waals surface area contributed by atoms with Gasteiger partial charge in [-0.1, -0.05) is 6.58 Å². The third kappa shape index (κ3) is 2.72. The molecule has 0 aromatic carbocycles. The smallest absolute Gasteiger partial charge is 0.243 e. The fourth-order valence-electron chi connectivity index (χ4n) is 1.77. The molecule has 1 aliphatic carbocycles. The average molecular weight is 219 g/mol. The van der Waals surface area contributed by atoms with E-state index in [2.05, 4.69) is 27.7 Å². The number of carbonyl (C=O) groups is 1. The van der Waals surface area contributed by atoms with Gasteiger partial charge in [-0.15, -0.1) is 0 Å². The van der Waals surface area contributed by atoms with E-state index < -0.39 is 0 Å². The highest BCUT2D eigenvalue weighted by Gasteiger charge is 2.26. The summed E-state index contributed by atoms with van der Waals surface area (Å²) in [6.45, 7) is 4.95. The lowest BCUT2D eigenvalue weighted by Gasteiger charge is -2.06. The third-order valence-corrected chi connectivity index (χ3v) is 2.78. The topological polar surface area (TPSA) is 46.9 Å². The first-order valence-corrected chi connectivity index (χ1v) is 5.73. The molecule has 1 N–H and O–H groups in total. The van der Waals surface area contributed by atoms with Crippen LogP contribution in [0.4, 0.5) is 0 Å². The van der Waals surface area contributed by atoms with E-state index in [-0.39, 0.29) is 5.91 Å². The van der Waals surface area contributed by atoms with Crippen molar-refractivity contribution < 1.29 is 4.79 Å². The van der Waals surface area contributed by atoms with Gasteiger partial charge in [0.25, 0.3) is 0 Å². The van der Waals surface area contributed by atoms with Gasteiger partial charge in [-0.05, 0) is 31.4 Å². The van der Waals surface area contributed by atoms with Crippen LogP contribution in [0.3, 0.4) is 0 Å². The Morgan fingerprint density at radius 2 is 2.50 bits per heavy atom. The molecule has 16 heavy (non-hydrogen) atoms. The number of aromatic nitrogens is 2. The molecule has 0 radical (unpaired) electrons. The molecule has 1 heterocycles. The summed E-state index contributed by atoms with van der Waals surface area (Å²) in [6.07, 6.45) is 6.64. The van der Waals surface area contributed by atoms with E-state index in [1.807, 2.05) is 6.20 Å². The highest BCUT2D eigenvalue weighted by Crippen LogP contribution is 2.39. The van der Waals surface area contributed by atoms with Crippen LogP contribution in [0.2, 0.25) is 0 Å². The first-order chi connectivity index (χ1) is 7.81. The molecule has 0 spiro atoms. The number of nitrogens with one attached hydrogen (secondary N) is 1. The van der Waals surface area contributed by atoms with Gasteiger partial charge in [-0.2, -0.15) is 5.10 Å². The molecule has 0 bridgehead atoms. The molecule has 1 amide bonds. The minimum Gasteiger partial charge on any atom is -0.353 e. The zero-order chi connectivity index (χ0) is 11.4. The zero-order valence-electron chi connectivity index (χ0n) is 9.35. The number of nitrogens with zero attached hydrogens (tertiary/aromatic N) is 2. The maximum atomic E-state index is 10.9. The molecule has 1 aromatic heterocycles. The molecule has 2 rings (SSSR count). The van der Waals surface area contributed by atoms with Crippen molar-refractivity contribution in [1.29, 1.82) is 0 Å². The normalized spacial score (nSPS) is 14.8. The summed E-state index contributed by atoms with van der Waals surface area (Å²) in [7, 11) is 0. The Balaban J connectivity index is 1.74. The van der Waals surface area contributed by atoms with Gasteiger partial charge in [0, 0.05) is 30.9 Å².